The van der Waals surface area contributed by atoms with E-state index in [4.69, 9.17) is 4.42 Å². The lowest BCUT2D eigenvalue weighted by Crippen LogP contribution is -2.19. The summed E-state index contributed by atoms with van der Waals surface area (Å²) in [5, 5.41) is 0. The molecule has 4 rings (SSSR count). The number of ketones is 1. The van der Waals surface area contributed by atoms with Crippen LogP contribution in [0.2, 0.25) is 0 Å². The van der Waals surface area contributed by atoms with E-state index in [1.54, 1.807) is 12.5 Å². The van der Waals surface area contributed by atoms with Crippen molar-refractivity contribution in [2.75, 3.05) is 0 Å². The molecule has 1 heterocycles. The van der Waals surface area contributed by atoms with Gasteiger partial charge in [-0.2, -0.15) is 0 Å². The SMILES string of the molecule is O=C1CCC2(c3cccc(-c4ncco4)c3)CC2C1. The molecule has 96 valence electrons. The molecule has 19 heavy (non-hydrogen) atoms. The fraction of sp³-hybridized carbons (Fsp3) is 0.375. The molecule has 2 atom stereocenters. The van der Waals surface area contributed by atoms with Crippen LogP contribution in [0.3, 0.4) is 0 Å². The number of fused-ring (bicyclic) bond motifs is 1. The van der Waals surface area contributed by atoms with E-state index in [1.165, 1.54) is 5.56 Å². The molecule has 0 radical (unpaired) electrons. The maximum Gasteiger partial charge on any atom is 0.225 e. The number of rotatable bonds is 2. The van der Waals surface area contributed by atoms with Gasteiger partial charge in [-0.1, -0.05) is 12.1 Å². The smallest absolute Gasteiger partial charge is 0.225 e. The van der Waals surface area contributed by atoms with E-state index in [1.807, 2.05) is 6.07 Å². The van der Waals surface area contributed by atoms with Gasteiger partial charge < -0.3 is 4.42 Å². The Balaban J connectivity index is 1.70. The number of aromatic nitrogens is 1. The van der Waals surface area contributed by atoms with Crippen LogP contribution in [-0.2, 0) is 10.2 Å². The van der Waals surface area contributed by atoms with Gasteiger partial charge in [0, 0.05) is 18.4 Å². The van der Waals surface area contributed by atoms with Crippen molar-refractivity contribution < 1.29 is 9.21 Å². The van der Waals surface area contributed by atoms with Crippen LogP contribution in [-0.4, -0.2) is 10.8 Å². The standard InChI is InChI=1S/C16H15NO2/c18-14-4-5-16(10-13(16)9-14)12-3-1-2-11(8-12)15-17-6-7-19-15/h1-3,6-8,13H,4-5,9-10H2. The third-order valence-electron chi connectivity index (χ3n) is 4.67. The Morgan fingerprint density at radius 1 is 1.37 bits per heavy atom. The molecule has 2 aliphatic rings. The second kappa shape index (κ2) is 3.80. The van der Waals surface area contributed by atoms with E-state index >= 15 is 0 Å². The van der Waals surface area contributed by atoms with Crippen LogP contribution >= 0.6 is 0 Å². The summed E-state index contributed by atoms with van der Waals surface area (Å²) in [5.41, 5.74) is 2.64. The first kappa shape index (κ1) is 11.0. The van der Waals surface area contributed by atoms with Crippen molar-refractivity contribution in [2.24, 2.45) is 5.92 Å². The number of carbonyl (C=O) groups excluding carboxylic acids is 1. The average Bonchev–Trinajstić information content (AvgIpc) is 2.91. The largest absolute Gasteiger partial charge is 0.445 e. The van der Waals surface area contributed by atoms with Gasteiger partial charge >= 0.3 is 0 Å². The topological polar surface area (TPSA) is 43.1 Å². The Morgan fingerprint density at radius 2 is 2.32 bits per heavy atom. The minimum atomic E-state index is 0.260. The fourth-order valence-corrected chi connectivity index (χ4v) is 3.52. The first-order chi connectivity index (χ1) is 9.28. The van der Waals surface area contributed by atoms with Crippen LogP contribution < -0.4 is 0 Å². The molecule has 1 aromatic carbocycles. The van der Waals surface area contributed by atoms with Gasteiger partial charge in [0.2, 0.25) is 5.89 Å². The lowest BCUT2D eigenvalue weighted by atomic mass is 9.82. The van der Waals surface area contributed by atoms with Gasteiger partial charge in [-0.25, -0.2) is 4.98 Å². The van der Waals surface area contributed by atoms with E-state index in [-0.39, 0.29) is 5.41 Å². The van der Waals surface area contributed by atoms with Gasteiger partial charge in [-0.05, 0) is 41.9 Å². The lowest BCUT2D eigenvalue weighted by molar-refractivity contribution is -0.120. The van der Waals surface area contributed by atoms with Gasteiger partial charge in [0.05, 0.1) is 6.20 Å². The fourth-order valence-electron chi connectivity index (χ4n) is 3.52. The van der Waals surface area contributed by atoms with Crippen LogP contribution in [0.15, 0.2) is 41.1 Å². The Hall–Kier alpha value is -1.90. The molecular formula is C16H15NO2. The summed E-state index contributed by atoms with van der Waals surface area (Å²) >= 11 is 0. The summed E-state index contributed by atoms with van der Waals surface area (Å²) in [4.78, 5) is 15.7. The zero-order chi connectivity index (χ0) is 12.9. The molecule has 2 unspecified atom stereocenters. The third-order valence-corrected chi connectivity index (χ3v) is 4.67. The van der Waals surface area contributed by atoms with Gasteiger partial charge in [-0.15, -0.1) is 0 Å². The third kappa shape index (κ3) is 1.65. The molecule has 2 fully saturated rings. The predicted octanol–water partition coefficient (Wildman–Crippen LogP) is 3.35. The highest BCUT2D eigenvalue weighted by molar-refractivity contribution is 5.81. The molecule has 3 heteroatoms. The lowest BCUT2D eigenvalue weighted by Gasteiger charge is -2.22. The number of nitrogens with zero attached hydrogens (tertiary/aromatic N) is 1. The quantitative estimate of drug-likeness (QED) is 0.824. The van der Waals surface area contributed by atoms with E-state index in [2.05, 4.69) is 23.2 Å². The number of Topliss-reactive ketones (excluding diaryl/α,β-unsaturated/α-hetero) is 1. The van der Waals surface area contributed by atoms with E-state index < -0.39 is 0 Å². The van der Waals surface area contributed by atoms with E-state index in [0.717, 1.165) is 31.2 Å². The van der Waals surface area contributed by atoms with Crippen LogP contribution in [0.25, 0.3) is 11.5 Å². The predicted molar refractivity (Wildman–Crippen MR) is 70.6 cm³/mol. The van der Waals surface area contributed by atoms with Crippen LogP contribution in [0, 0.1) is 5.92 Å². The monoisotopic (exact) mass is 253 g/mol. The summed E-state index contributed by atoms with van der Waals surface area (Å²) in [5.74, 6) is 1.66. The molecule has 2 aromatic rings. The van der Waals surface area contributed by atoms with Crippen molar-refractivity contribution >= 4 is 5.78 Å². The Kier molecular flexibility index (Phi) is 2.19. The second-order valence-corrected chi connectivity index (χ2v) is 5.72. The minimum absolute atomic E-state index is 0.260. The summed E-state index contributed by atoms with van der Waals surface area (Å²) in [7, 11) is 0. The Labute approximate surface area is 111 Å². The van der Waals surface area contributed by atoms with Crippen molar-refractivity contribution in [1.29, 1.82) is 0 Å². The summed E-state index contributed by atoms with van der Waals surface area (Å²) < 4.78 is 5.36. The molecule has 0 spiro atoms. The van der Waals surface area contributed by atoms with Crippen molar-refractivity contribution in [3.05, 3.63) is 42.3 Å². The van der Waals surface area contributed by atoms with Crippen LogP contribution in [0.5, 0.6) is 0 Å². The number of hydrogen-bond donors (Lipinski definition) is 0. The highest BCUT2D eigenvalue weighted by atomic mass is 16.3. The van der Waals surface area contributed by atoms with E-state index in [0.29, 0.717) is 17.6 Å². The molecule has 2 saturated carbocycles. The zero-order valence-corrected chi connectivity index (χ0v) is 10.6. The normalized spacial score (nSPS) is 29.1. The van der Waals surface area contributed by atoms with Crippen molar-refractivity contribution in [2.45, 2.75) is 31.1 Å². The molecule has 0 bridgehead atoms. The summed E-state index contributed by atoms with van der Waals surface area (Å²) in [6.07, 6.45) is 6.93. The van der Waals surface area contributed by atoms with Gasteiger partial charge in [0.25, 0.3) is 0 Å². The van der Waals surface area contributed by atoms with Gasteiger partial charge in [-0.3, -0.25) is 4.79 Å². The molecule has 0 amide bonds. The summed E-state index contributed by atoms with van der Waals surface area (Å²) in [6, 6.07) is 8.45. The number of carbonyl (C=O) groups is 1. The minimum Gasteiger partial charge on any atom is -0.445 e. The molecule has 2 aliphatic carbocycles. The van der Waals surface area contributed by atoms with Gasteiger partial charge in [0.15, 0.2) is 0 Å². The maximum atomic E-state index is 11.5. The second-order valence-electron chi connectivity index (χ2n) is 5.72. The average molecular weight is 253 g/mol. The molecular weight excluding hydrogens is 238 g/mol. The molecule has 0 aliphatic heterocycles. The van der Waals surface area contributed by atoms with Crippen molar-refractivity contribution in [1.82, 2.24) is 4.98 Å². The van der Waals surface area contributed by atoms with E-state index in [9.17, 15) is 4.79 Å². The molecule has 1 aromatic heterocycles. The van der Waals surface area contributed by atoms with Crippen molar-refractivity contribution in [3.8, 4) is 11.5 Å². The number of hydrogen-bond acceptors (Lipinski definition) is 3. The van der Waals surface area contributed by atoms with Crippen LogP contribution in [0.4, 0.5) is 0 Å². The highest BCUT2D eigenvalue weighted by Crippen LogP contribution is 2.61. The van der Waals surface area contributed by atoms with Crippen molar-refractivity contribution in [3.63, 3.8) is 0 Å². The highest BCUT2D eigenvalue weighted by Gasteiger charge is 2.57. The first-order valence-electron chi connectivity index (χ1n) is 6.80. The molecule has 3 nitrogen and oxygen atoms in total. The van der Waals surface area contributed by atoms with Crippen LogP contribution in [0.1, 0.15) is 31.2 Å². The number of benzene rings is 1. The zero-order valence-electron chi connectivity index (χ0n) is 10.6. The maximum absolute atomic E-state index is 11.5. The van der Waals surface area contributed by atoms with Gasteiger partial charge in [0.1, 0.15) is 12.0 Å². The molecule has 0 N–H and O–H groups in total. The molecule has 0 saturated heterocycles. The first-order valence-corrected chi connectivity index (χ1v) is 6.80. The summed E-state index contributed by atoms with van der Waals surface area (Å²) in [6.45, 7) is 0. The number of oxazole rings is 1. The Morgan fingerprint density at radius 3 is 3.11 bits per heavy atom. The Bertz CT molecular complexity index is 632.